The van der Waals surface area contributed by atoms with Gasteiger partial charge in [-0.05, 0) is 17.0 Å². The molecule has 21 heavy (non-hydrogen) atoms. The van der Waals surface area contributed by atoms with Gasteiger partial charge in [-0.25, -0.2) is 0 Å². The van der Waals surface area contributed by atoms with E-state index in [-0.39, 0.29) is 35.9 Å². The molecular weight excluding hydrogens is 281 g/mol. The lowest BCUT2D eigenvalue weighted by molar-refractivity contribution is -0.138. The molecule has 0 heterocycles. The van der Waals surface area contributed by atoms with E-state index in [4.69, 9.17) is 5.73 Å². The van der Waals surface area contributed by atoms with E-state index in [2.05, 4.69) is 5.32 Å². The van der Waals surface area contributed by atoms with E-state index in [0.717, 1.165) is 6.07 Å². The van der Waals surface area contributed by atoms with Crippen LogP contribution in [-0.4, -0.2) is 11.9 Å². The molecule has 3 nitrogen and oxygen atoms in total. The first-order valence-electron chi connectivity index (χ1n) is 6.69. The van der Waals surface area contributed by atoms with Gasteiger partial charge in [-0.1, -0.05) is 39.0 Å². The van der Waals surface area contributed by atoms with Crippen molar-refractivity contribution in [2.45, 2.75) is 46.0 Å². The Balaban J connectivity index is 2.67. The number of hydrogen-bond donors (Lipinski definition) is 2. The molecule has 1 aromatic rings. The minimum Gasteiger partial charge on any atom is -0.352 e. The highest BCUT2D eigenvalue weighted by molar-refractivity contribution is 5.76. The highest BCUT2D eigenvalue weighted by Crippen LogP contribution is 2.31. The molecule has 0 aliphatic heterocycles. The molecule has 3 N–H and O–H groups in total. The molecule has 0 aliphatic carbocycles. The Kier molecular flexibility index (Phi) is 5.39. The van der Waals surface area contributed by atoms with Gasteiger partial charge in [0.15, 0.2) is 0 Å². The number of nitrogens with one attached hydrogen (secondary N) is 1. The van der Waals surface area contributed by atoms with Gasteiger partial charge < -0.3 is 11.1 Å². The summed E-state index contributed by atoms with van der Waals surface area (Å²) < 4.78 is 38.4. The van der Waals surface area contributed by atoms with Crippen molar-refractivity contribution in [3.05, 3.63) is 35.4 Å². The smallest absolute Gasteiger partial charge is 0.352 e. The van der Waals surface area contributed by atoms with Crippen LogP contribution in [0.4, 0.5) is 13.2 Å². The third-order valence-corrected chi connectivity index (χ3v) is 3.32. The first kappa shape index (κ1) is 17.5. The quantitative estimate of drug-likeness (QED) is 0.898. The molecule has 0 saturated carbocycles. The topological polar surface area (TPSA) is 55.1 Å². The Hall–Kier alpha value is -1.56. The maximum Gasteiger partial charge on any atom is 0.416 e. The van der Waals surface area contributed by atoms with Crippen LogP contribution in [0.25, 0.3) is 0 Å². The normalized spacial score (nSPS) is 13.9. The predicted molar refractivity (Wildman–Crippen MR) is 75.3 cm³/mol. The fourth-order valence-electron chi connectivity index (χ4n) is 1.72. The molecule has 0 saturated heterocycles. The molecule has 1 aromatic carbocycles. The van der Waals surface area contributed by atoms with Gasteiger partial charge in [-0.15, -0.1) is 0 Å². The lowest BCUT2D eigenvalue weighted by atomic mass is 9.85. The summed E-state index contributed by atoms with van der Waals surface area (Å²) in [5.41, 5.74) is 4.96. The number of halogens is 3. The van der Waals surface area contributed by atoms with E-state index < -0.39 is 11.7 Å². The zero-order chi connectivity index (χ0) is 16.3. The average molecular weight is 302 g/mol. The third-order valence-electron chi connectivity index (χ3n) is 3.32. The summed E-state index contributed by atoms with van der Waals surface area (Å²) in [4.78, 5) is 11.8. The molecule has 0 radical (unpaired) electrons. The van der Waals surface area contributed by atoms with Gasteiger partial charge in [0.1, 0.15) is 0 Å². The van der Waals surface area contributed by atoms with Gasteiger partial charge in [0.25, 0.3) is 0 Å². The maximum atomic E-state index is 12.8. The molecule has 0 bridgehead atoms. The van der Waals surface area contributed by atoms with Crippen molar-refractivity contribution in [3.63, 3.8) is 0 Å². The minimum atomic E-state index is -4.43. The molecule has 1 rings (SSSR count). The van der Waals surface area contributed by atoms with Crippen LogP contribution in [0.5, 0.6) is 0 Å². The van der Waals surface area contributed by atoms with Gasteiger partial charge in [0.05, 0.1) is 5.56 Å². The largest absolute Gasteiger partial charge is 0.416 e. The van der Waals surface area contributed by atoms with Crippen molar-refractivity contribution in [2.75, 3.05) is 0 Å². The van der Waals surface area contributed by atoms with Gasteiger partial charge >= 0.3 is 6.18 Å². The molecular formula is C15H21F3N2O. The first-order chi connectivity index (χ1) is 9.51. The van der Waals surface area contributed by atoms with Gasteiger partial charge in [-0.3, -0.25) is 4.79 Å². The van der Waals surface area contributed by atoms with Gasteiger partial charge in [-0.2, -0.15) is 13.2 Å². The fraction of sp³-hybridized carbons (Fsp3) is 0.533. The van der Waals surface area contributed by atoms with Crippen molar-refractivity contribution in [2.24, 2.45) is 11.1 Å². The molecule has 118 valence electrons. The average Bonchev–Trinajstić information content (AvgIpc) is 2.34. The highest BCUT2D eigenvalue weighted by atomic mass is 19.4. The summed E-state index contributed by atoms with van der Waals surface area (Å²) in [6, 6.07) is 4.84. The molecule has 6 heteroatoms. The first-order valence-corrected chi connectivity index (χ1v) is 6.69. The predicted octanol–water partition coefficient (Wildman–Crippen LogP) is 3.09. The Morgan fingerprint density at radius 2 is 1.81 bits per heavy atom. The Bertz CT molecular complexity index is 492. The molecule has 1 atom stereocenters. The molecule has 1 amide bonds. The van der Waals surface area contributed by atoms with Crippen LogP contribution in [0, 0.1) is 5.41 Å². The molecule has 0 fully saturated rings. The fourth-order valence-corrected chi connectivity index (χ4v) is 1.72. The van der Waals surface area contributed by atoms with Gasteiger partial charge in [0.2, 0.25) is 5.91 Å². The minimum absolute atomic E-state index is 0.0441. The van der Waals surface area contributed by atoms with E-state index in [1.54, 1.807) is 0 Å². The number of alkyl halides is 3. The zero-order valence-corrected chi connectivity index (χ0v) is 12.4. The Morgan fingerprint density at radius 3 is 2.33 bits per heavy atom. The van der Waals surface area contributed by atoms with Crippen molar-refractivity contribution >= 4 is 5.91 Å². The highest BCUT2D eigenvalue weighted by Gasteiger charge is 2.33. The molecule has 0 aliphatic rings. The van der Waals surface area contributed by atoms with Crippen LogP contribution in [0.3, 0.4) is 0 Å². The monoisotopic (exact) mass is 302 g/mol. The summed E-state index contributed by atoms with van der Waals surface area (Å²) >= 11 is 0. The van der Waals surface area contributed by atoms with Gasteiger partial charge in [0, 0.05) is 19.0 Å². The summed E-state index contributed by atoms with van der Waals surface area (Å²) in [5, 5.41) is 2.50. The molecule has 1 unspecified atom stereocenters. The van der Waals surface area contributed by atoms with Crippen LogP contribution in [0.2, 0.25) is 0 Å². The standard InChI is InChI=1S/C15H21F3N2O/c1-14(2,3)12(19)8-13(21)20-9-10-6-4-5-7-11(10)15(16,17)18/h4-7,12H,8-9,19H2,1-3H3,(H,20,21). The number of carbonyl (C=O) groups is 1. The van der Waals surface area contributed by atoms with Crippen molar-refractivity contribution in [1.82, 2.24) is 5.32 Å². The zero-order valence-electron chi connectivity index (χ0n) is 12.4. The van der Waals surface area contributed by atoms with E-state index >= 15 is 0 Å². The van der Waals surface area contributed by atoms with Crippen molar-refractivity contribution < 1.29 is 18.0 Å². The van der Waals surface area contributed by atoms with Crippen LogP contribution in [-0.2, 0) is 17.5 Å². The molecule has 0 aromatic heterocycles. The molecule has 0 spiro atoms. The second kappa shape index (κ2) is 6.47. The van der Waals surface area contributed by atoms with Crippen LogP contribution < -0.4 is 11.1 Å². The summed E-state index contributed by atoms with van der Waals surface area (Å²) in [6.07, 6.45) is -4.35. The maximum absolute atomic E-state index is 12.8. The lowest BCUT2D eigenvalue weighted by Crippen LogP contribution is -2.40. The van der Waals surface area contributed by atoms with E-state index in [0.29, 0.717) is 0 Å². The number of hydrogen-bond acceptors (Lipinski definition) is 2. The summed E-state index contributed by atoms with van der Waals surface area (Å²) in [5.74, 6) is -0.352. The third kappa shape index (κ3) is 5.38. The number of rotatable bonds is 4. The van der Waals surface area contributed by atoms with Crippen molar-refractivity contribution in [3.8, 4) is 0 Å². The number of benzene rings is 1. The van der Waals surface area contributed by atoms with E-state index in [9.17, 15) is 18.0 Å². The summed E-state index contributed by atoms with van der Waals surface area (Å²) in [6.45, 7) is 5.56. The number of nitrogens with two attached hydrogens (primary N) is 1. The van der Waals surface area contributed by atoms with Crippen molar-refractivity contribution in [1.29, 1.82) is 0 Å². The van der Waals surface area contributed by atoms with Crippen LogP contribution >= 0.6 is 0 Å². The summed E-state index contributed by atoms with van der Waals surface area (Å²) in [7, 11) is 0. The lowest BCUT2D eigenvalue weighted by Gasteiger charge is -2.26. The van der Waals surface area contributed by atoms with E-state index in [1.165, 1.54) is 18.2 Å². The van der Waals surface area contributed by atoms with Crippen LogP contribution in [0.1, 0.15) is 38.3 Å². The van der Waals surface area contributed by atoms with Crippen LogP contribution in [0.15, 0.2) is 24.3 Å². The second-order valence-electron chi connectivity index (χ2n) is 6.11. The Morgan fingerprint density at radius 1 is 1.24 bits per heavy atom. The Labute approximate surface area is 122 Å². The number of amides is 1. The second-order valence-corrected chi connectivity index (χ2v) is 6.11. The number of carbonyl (C=O) groups excluding carboxylic acids is 1. The van der Waals surface area contributed by atoms with E-state index in [1.807, 2.05) is 20.8 Å². The SMILES string of the molecule is CC(C)(C)C(N)CC(=O)NCc1ccccc1C(F)(F)F.